The second-order valence-corrected chi connectivity index (χ2v) is 15.1. The molecule has 2 aliphatic heterocycles. The van der Waals surface area contributed by atoms with Gasteiger partial charge in [-0.15, -0.1) is 0 Å². The summed E-state index contributed by atoms with van der Waals surface area (Å²) < 4.78 is 0. The summed E-state index contributed by atoms with van der Waals surface area (Å²) in [6.07, 6.45) is 9.92. The lowest BCUT2D eigenvalue weighted by Crippen LogP contribution is -2.35. The summed E-state index contributed by atoms with van der Waals surface area (Å²) in [5, 5.41) is 3.25. The number of benzene rings is 2. The van der Waals surface area contributed by atoms with Crippen molar-refractivity contribution in [1.29, 1.82) is 0 Å². The Labute approximate surface area is 211 Å². The Kier molecular flexibility index (Phi) is 4.98. The molecule has 2 aromatic carbocycles. The van der Waals surface area contributed by atoms with Crippen LogP contribution < -0.4 is 9.80 Å². The van der Waals surface area contributed by atoms with Crippen molar-refractivity contribution < 1.29 is 0 Å². The molecule has 4 aliphatic rings. The summed E-state index contributed by atoms with van der Waals surface area (Å²) in [4.78, 5) is 5.01. The van der Waals surface area contributed by atoms with Crippen LogP contribution in [0.4, 0.5) is 11.4 Å². The maximum absolute atomic E-state index is 2.57. The van der Waals surface area contributed by atoms with Crippen molar-refractivity contribution in [2.45, 2.75) is 52.9 Å². The van der Waals surface area contributed by atoms with Crippen LogP contribution in [0.1, 0.15) is 27.7 Å². The molecule has 0 bridgehead atoms. The van der Waals surface area contributed by atoms with Gasteiger partial charge in [-0.25, -0.2) is 0 Å². The molecule has 0 aromatic heterocycles. The van der Waals surface area contributed by atoms with Crippen LogP contribution in [0.15, 0.2) is 129 Å². The normalized spacial score (nSPS) is 23.5. The molecule has 0 fully saturated rings. The molecule has 35 heavy (non-hydrogen) atoms. The molecule has 2 nitrogen and oxygen atoms in total. The second kappa shape index (κ2) is 7.86. The number of nitrogens with zero attached hydrogens (tertiary/aromatic N) is 2. The quantitative estimate of drug-likeness (QED) is 0.416. The smallest absolute Gasteiger partial charge is 0.113 e. The average Bonchev–Trinajstić information content (AvgIpc) is 3.50. The largest absolute Gasteiger partial charge is 0.334 e. The lowest BCUT2D eigenvalue weighted by Gasteiger charge is -2.31. The van der Waals surface area contributed by atoms with Crippen LogP contribution >= 0.6 is 0 Å². The zero-order chi connectivity index (χ0) is 24.5. The van der Waals surface area contributed by atoms with E-state index in [9.17, 15) is 0 Å². The molecule has 2 atom stereocenters. The van der Waals surface area contributed by atoms with Crippen LogP contribution in [0.2, 0.25) is 13.1 Å². The van der Waals surface area contributed by atoms with Crippen molar-refractivity contribution in [2.75, 3.05) is 9.80 Å². The van der Waals surface area contributed by atoms with Gasteiger partial charge < -0.3 is 9.80 Å². The zero-order valence-electron chi connectivity index (χ0n) is 21.6. The Bertz CT molecular complexity index is 1290. The highest BCUT2D eigenvalue weighted by atomic mass is 28.3. The molecule has 2 aliphatic carbocycles. The van der Waals surface area contributed by atoms with Crippen LogP contribution in [-0.4, -0.2) is 20.2 Å². The molecule has 3 heteroatoms. The third-order valence-electron chi connectivity index (χ3n) is 8.18. The standard InChI is InChI=1S/C32H34N2Si/c1-21-17-29-27(19-23(3)33(29)25-13-9-7-10-14-25)31(21)35(5,6)32-22(2)18-30-28(32)20-24(4)34(30)26-15-11-8-12-16-26/h7-20,29-30H,1-6H3. The minimum Gasteiger partial charge on any atom is -0.334 e. The van der Waals surface area contributed by atoms with Crippen molar-refractivity contribution in [3.63, 3.8) is 0 Å². The number of hydrogen-bond acceptors (Lipinski definition) is 2. The molecule has 2 unspecified atom stereocenters. The second-order valence-electron chi connectivity index (χ2n) is 10.9. The number of anilines is 2. The summed E-state index contributed by atoms with van der Waals surface area (Å²) in [6, 6.07) is 22.3. The minimum absolute atomic E-state index is 0.313. The Morgan fingerprint density at radius 2 is 0.943 bits per heavy atom. The van der Waals surface area contributed by atoms with Crippen molar-refractivity contribution >= 4 is 19.4 Å². The van der Waals surface area contributed by atoms with E-state index in [1.165, 1.54) is 45.1 Å². The van der Waals surface area contributed by atoms with Gasteiger partial charge in [-0.3, -0.25) is 0 Å². The molecule has 2 aromatic rings. The first-order valence-electron chi connectivity index (χ1n) is 12.7. The zero-order valence-corrected chi connectivity index (χ0v) is 22.6. The van der Waals surface area contributed by atoms with E-state index in [1.54, 1.807) is 10.4 Å². The van der Waals surface area contributed by atoms with Crippen LogP contribution in [0, 0.1) is 0 Å². The van der Waals surface area contributed by atoms with E-state index in [0.717, 1.165) is 0 Å². The van der Waals surface area contributed by atoms with E-state index in [-0.39, 0.29) is 0 Å². The van der Waals surface area contributed by atoms with Crippen molar-refractivity contribution in [3.05, 3.63) is 129 Å². The van der Waals surface area contributed by atoms with Crippen LogP contribution in [0.25, 0.3) is 0 Å². The molecule has 0 amide bonds. The average molecular weight is 475 g/mol. The highest BCUT2D eigenvalue weighted by Crippen LogP contribution is 2.50. The minimum atomic E-state index is -1.98. The molecular formula is C32H34N2Si. The van der Waals surface area contributed by atoms with E-state index < -0.39 is 8.07 Å². The van der Waals surface area contributed by atoms with Gasteiger partial charge in [0.1, 0.15) is 8.07 Å². The van der Waals surface area contributed by atoms with Crippen molar-refractivity contribution in [1.82, 2.24) is 0 Å². The van der Waals surface area contributed by atoms with Crippen LogP contribution in [0.5, 0.6) is 0 Å². The molecule has 0 saturated carbocycles. The predicted molar refractivity (Wildman–Crippen MR) is 152 cm³/mol. The fourth-order valence-corrected chi connectivity index (χ4v) is 11.4. The van der Waals surface area contributed by atoms with Gasteiger partial charge in [0.15, 0.2) is 0 Å². The summed E-state index contributed by atoms with van der Waals surface area (Å²) in [7, 11) is -1.98. The molecule has 2 heterocycles. The molecule has 0 saturated heterocycles. The summed E-state index contributed by atoms with van der Waals surface area (Å²) in [5.74, 6) is 0. The first kappa shape index (κ1) is 22.2. The SMILES string of the molecule is CC1=CC2C(=C1[Si](C)(C)C1=C3C=C(C)N(c4ccccc4)C3C=C1C)C=C(C)N2c1ccccc1. The van der Waals surface area contributed by atoms with Gasteiger partial charge in [-0.1, -0.05) is 72.8 Å². The summed E-state index contributed by atoms with van der Waals surface area (Å²) >= 11 is 0. The lowest BCUT2D eigenvalue weighted by molar-refractivity contribution is 0.913. The summed E-state index contributed by atoms with van der Waals surface area (Å²) in [5.41, 5.74) is 11.2. The first-order valence-corrected chi connectivity index (χ1v) is 15.7. The van der Waals surface area contributed by atoms with Gasteiger partial charge in [0.25, 0.3) is 0 Å². The van der Waals surface area contributed by atoms with E-state index in [1.807, 2.05) is 0 Å². The molecular weight excluding hydrogens is 440 g/mol. The van der Waals surface area contributed by atoms with E-state index in [0.29, 0.717) is 12.1 Å². The predicted octanol–water partition coefficient (Wildman–Crippen LogP) is 7.87. The molecule has 6 rings (SSSR count). The Balaban J connectivity index is 1.45. The maximum Gasteiger partial charge on any atom is 0.113 e. The first-order chi connectivity index (χ1) is 16.8. The monoisotopic (exact) mass is 474 g/mol. The lowest BCUT2D eigenvalue weighted by atomic mass is 10.1. The number of hydrogen-bond donors (Lipinski definition) is 0. The number of allylic oxidation sites excluding steroid dienone is 6. The van der Waals surface area contributed by atoms with Crippen molar-refractivity contribution in [3.8, 4) is 0 Å². The highest BCUT2D eigenvalue weighted by molar-refractivity contribution is 6.92. The van der Waals surface area contributed by atoms with Crippen LogP contribution in [0.3, 0.4) is 0 Å². The van der Waals surface area contributed by atoms with Gasteiger partial charge in [-0.2, -0.15) is 0 Å². The highest BCUT2D eigenvalue weighted by Gasteiger charge is 2.46. The molecule has 0 N–H and O–H groups in total. The Morgan fingerprint density at radius 1 is 0.571 bits per heavy atom. The molecule has 0 radical (unpaired) electrons. The van der Waals surface area contributed by atoms with Crippen molar-refractivity contribution in [2.24, 2.45) is 0 Å². The van der Waals surface area contributed by atoms with Gasteiger partial charge >= 0.3 is 0 Å². The third-order valence-corrected chi connectivity index (χ3v) is 12.0. The maximum atomic E-state index is 2.57. The topological polar surface area (TPSA) is 6.48 Å². The van der Waals surface area contributed by atoms with Gasteiger partial charge in [0.2, 0.25) is 0 Å². The number of rotatable bonds is 4. The van der Waals surface area contributed by atoms with E-state index in [4.69, 9.17) is 0 Å². The van der Waals surface area contributed by atoms with Crippen LogP contribution in [-0.2, 0) is 0 Å². The van der Waals surface area contributed by atoms with Gasteiger partial charge in [-0.05, 0) is 85.7 Å². The fraction of sp³-hybridized carbons (Fsp3) is 0.250. The van der Waals surface area contributed by atoms with E-state index >= 15 is 0 Å². The number of para-hydroxylation sites is 2. The van der Waals surface area contributed by atoms with Gasteiger partial charge in [0, 0.05) is 22.8 Å². The third kappa shape index (κ3) is 3.21. The summed E-state index contributed by atoms with van der Waals surface area (Å²) in [6.45, 7) is 14.3. The Hall–Kier alpha value is -3.30. The number of fused-ring (bicyclic) bond motifs is 2. The molecule has 176 valence electrons. The Morgan fingerprint density at radius 3 is 1.31 bits per heavy atom. The fourth-order valence-electron chi connectivity index (χ4n) is 7.08. The van der Waals surface area contributed by atoms with Gasteiger partial charge in [0.05, 0.1) is 12.1 Å². The molecule has 0 spiro atoms. The van der Waals surface area contributed by atoms with E-state index in [2.05, 4.69) is 136 Å².